The first-order chi connectivity index (χ1) is 8.56. The van der Waals surface area contributed by atoms with Crippen molar-refractivity contribution in [3.05, 3.63) is 16.1 Å². The van der Waals surface area contributed by atoms with Crippen molar-refractivity contribution in [3.8, 4) is 0 Å². The number of carbonyl (C=O) groups is 1. The molecule has 0 bridgehead atoms. The summed E-state index contributed by atoms with van der Waals surface area (Å²) in [6.45, 7) is 2.88. The molecule has 0 saturated carbocycles. The van der Waals surface area contributed by atoms with Crippen LogP contribution < -0.4 is 0 Å². The molecule has 1 aliphatic rings. The highest BCUT2D eigenvalue weighted by molar-refractivity contribution is 7.11. The van der Waals surface area contributed by atoms with Crippen molar-refractivity contribution in [1.29, 1.82) is 0 Å². The highest BCUT2D eigenvalue weighted by Gasteiger charge is 2.21. The average Bonchev–Trinajstić information content (AvgIpc) is 2.78. The van der Waals surface area contributed by atoms with Gasteiger partial charge in [0.1, 0.15) is 0 Å². The number of likely N-dealkylation sites (tertiary alicyclic amines) is 1. The summed E-state index contributed by atoms with van der Waals surface area (Å²) in [4.78, 5) is 19.5. The Kier molecular flexibility index (Phi) is 4.31. The smallest absolute Gasteiger partial charge is 0.365 e. The van der Waals surface area contributed by atoms with Crippen LogP contribution in [0.3, 0.4) is 0 Å². The highest BCUT2D eigenvalue weighted by Crippen LogP contribution is 2.17. The molecule has 1 aromatic rings. The molecule has 18 heavy (non-hydrogen) atoms. The zero-order valence-corrected chi connectivity index (χ0v) is 11.6. The standard InChI is InChI=1S/C12H19N3O2S/c1-14(2)10-3-5-15(6-4-10)7-9-8-18-11(13-9)12(16)17/h8,10H,3-7H2,1-2H3,(H,16,17). The van der Waals surface area contributed by atoms with Gasteiger partial charge in [-0.1, -0.05) is 0 Å². The number of nitrogens with zero attached hydrogens (tertiary/aromatic N) is 3. The van der Waals surface area contributed by atoms with E-state index in [0.717, 1.165) is 25.3 Å². The molecule has 1 fully saturated rings. The van der Waals surface area contributed by atoms with Gasteiger partial charge in [0.25, 0.3) is 0 Å². The fourth-order valence-electron chi connectivity index (χ4n) is 2.30. The van der Waals surface area contributed by atoms with Crippen LogP contribution in [0.1, 0.15) is 28.3 Å². The molecule has 6 heteroatoms. The van der Waals surface area contributed by atoms with Gasteiger partial charge in [0.05, 0.1) is 5.69 Å². The van der Waals surface area contributed by atoms with E-state index in [1.54, 1.807) is 0 Å². The van der Waals surface area contributed by atoms with E-state index in [1.165, 1.54) is 24.2 Å². The molecule has 2 rings (SSSR count). The molecule has 0 atom stereocenters. The summed E-state index contributed by atoms with van der Waals surface area (Å²) in [5.74, 6) is -0.933. The summed E-state index contributed by atoms with van der Waals surface area (Å²) in [6.07, 6.45) is 2.34. The number of carboxylic acid groups (broad SMARTS) is 1. The van der Waals surface area contributed by atoms with Crippen LogP contribution in [-0.2, 0) is 6.54 Å². The second kappa shape index (κ2) is 5.77. The maximum absolute atomic E-state index is 10.8. The molecule has 2 heterocycles. The molecule has 1 N–H and O–H groups in total. The lowest BCUT2D eigenvalue weighted by Gasteiger charge is -2.34. The van der Waals surface area contributed by atoms with E-state index >= 15 is 0 Å². The minimum Gasteiger partial charge on any atom is -0.476 e. The number of hydrogen-bond acceptors (Lipinski definition) is 5. The molecule has 100 valence electrons. The van der Waals surface area contributed by atoms with Crippen LogP contribution in [0.5, 0.6) is 0 Å². The van der Waals surface area contributed by atoms with Crippen LogP contribution in [0, 0.1) is 0 Å². The lowest BCUT2D eigenvalue weighted by Crippen LogP contribution is -2.41. The first-order valence-corrected chi connectivity index (χ1v) is 7.00. The number of aromatic nitrogens is 1. The normalized spacial score (nSPS) is 18.4. The topological polar surface area (TPSA) is 56.7 Å². The van der Waals surface area contributed by atoms with E-state index in [2.05, 4.69) is 28.9 Å². The summed E-state index contributed by atoms with van der Waals surface area (Å²) in [5, 5.41) is 10.9. The van der Waals surface area contributed by atoms with Gasteiger partial charge in [-0.3, -0.25) is 4.90 Å². The summed E-state index contributed by atoms with van der Waals surface area (Å²) in [6, 6.07) is 0.672. The molecule has 0 spiro atoms. The Morgan fingerprint density at radius 1 is 1.56 bits per heavy atom. The third kappa shape index (κ3) is 3.28. The first kappa shape index (κ1) is 13.5. The van der Waals surface area contributed by atoms with Crippen molar-refractivity contribution in [2.24, 2.45) is 0 Å². The van der Waals surface area contributed by atoms with E-state index in [1.807, 2.05) is 5.38 Å². The van der Waals surface area contributed by atoms with Crippen molar-refractivity contribution in [2.45, 2.75) is 25.4 Å². The Hall–Kier alpha value is -0.980. The van der Waals surface area contributed by atoms with E-state index < -0.39 is 5.97 Å². The molecule has 1 saturated heterocycles. The molecule has 0 amide bonds. The zero-order chi connectivity index (χ0) is 13.1. The summed E-state index contributed by atoms with van der Waals surface area (Å²) in [7, 11) is 4.25. The third-order valence-corrected chi connectivity index (χ3v) is 4.29. The van der Waals surface area contributed by atoms with Crippen LogP contribution in [0.2, 0.25) is 0 Å². The largest absolute Gasteiger partial charge is 0.476 e. The molecular formula is C12H19N3O2S. The Balaban J connectivity index is 1.85. The predicted molar refractivity (Wildman–Crippen MR) is 71.1 cm³/mol. The summed E-state index contributed by atoms with van der Waals surface area (Å²) < 4.78 is 0. The molecule has 0 aromatic carbocycles. The lowest BCUT2D eigenvalue weighted by molar-refractivity contribution is 0.0696. The molecule has 1 aliphatic heterocycles. The molecule has 0 aliphatic carbocycles. The van der Waals surface area contributed by atoms with Gasteiger partial charge in [0, 0.05) is 31.1 Å². The van der Waals surface area contributed by atoms with Gasteiger partial charge in [-0.2, -0.15) is 0 Å². The Morgan fingerprint density at radius 3 is 2.72 bits per heavy atom. The van der Waals surface area contributed by atoms with Gasteiger partial charge < -0.3 is 10.0 Å². The van der Waals surface area contributed by atoms with Crippen molar-refractivity contribution < 1.29 is 9.90 Å². The third-order valence-electron chi connectivity index (χ3n) is 3.41. The minimum absolute atomic E-state index is 0.188. The van der Waals surface area contributed by atoms with Gasteiger partial charge in [0.15, 0.2) is 0 Å². The van der Waals surface area contributed by atoms with E-state index in [9.17, 15) is 4.79 Å². The number of carboxylic acids is 1. The van der Waals surface area contributed by atoms with Crippen molar-refractivity contribution in [1.82, 2.24) is 14.8 Å². The average molecular weight is 269 g/mol. The Bertz CT molecular complexity index is 411. The van der Waals surface area contributed by atoms with Crippen LogP contribution >= 0.6 is 11.3 Å². The molecule has 5 nitrogen and oxygen atoms in total. The van der Waals surface area contributed by atoms with Gasteiger partial charge in [0.2, 0.25) is 5.01 Å². The van der Waals surface area contributed by atoms with Gasteiger partial charge in [-0.05, 0) is 26.9 Å². The molecular weight excluding hydrogens is 250 g/mol. The lowest BCUT2D eigenvalue weighted by atomic mass is 10.0. The number of rotatable bonds is 4. The first-order valence-electron chi connectivity index (χ1n) is 6.12. The van der Waals surface area contributed by atoms with Crippen molar-refractivity contribution >= 4 is 17.3 Å². The summed E-state index contributed by atoms with van der Waals surface area (Å²) >= 11 is 1.21. The quantitative estimate of drug-likeness (QED) is 0.894. The van der Waals surface area contributed by atoms with E-state index in [4.69, 9.17) is 5.11 Å². The van der Waals surface area contributed by atoms with Crippen molar-refractivity contribution in [2.75, 3.05) is 27.2 Å². The van der Waals surface area contributed by atoms with Crippen molar-refractivity contribution in [3.63, 3.8) is 0 Å². The molecule has 0 radical (unpaired) electrons. The Morgan fingerprint density at radius 2 is 2.22 bits per heavy atom. The second-order valence-electron chi connectivity index (χ2n) is 4.92. The molecule has 1 aromatic heterocycles. The van der Waals surface area contributed by atoms with E-state index in [0.29, 0.717) is 6.04 Å². The maximum Gasteiger partial charge on any atom is 0.365 e. The number of thiazole rings is 1. The predicted octanol–water partition coefficient (Wildman–Crippen LogP) is 1.37. The molecule has 0 unspecified atom stereocenters. The van der Waals surface area contributed by atoms with Crippen LogP contribution in [0.25, 0.3) is 0 Å². The zero-order valence-electron chi connectivity index (χ0n) is 10.8. The van der Waals surface area contributed by atoms with Crippen LogP contribution in [-0.4, -0.2) is 59.1 Å². The fourth-order valence-corrected chi connectivity index (χ4v) is 2.95. The van der Waals surface area contributed by atoms with Gasteiger partial charge in [-0.25, -0.2) is 9.78 Å². The maximum atomic E-state index is 10.8. The second-order valence-corrected chi connectivity index (χ2v) is 5.78. The van der Waals surface area contributed by atoms with Crippen LogP contribution in [0.4, 0.5) is 0 Å². The SMILES string of the molecule is CN(C)C1CCN(Cc2csc(C(=O)O)n2)CC1. The van der Waals surface area contributed by atoms with Gasteiger partial charge in [-0.15, -0.1) is 11.3 Å². The highest BCUT2D eigenvalue weighted by atomic mass is 32.1. The minimum atomic E-state index is -0.933. The number of piperidine rings is 1. The van der Waals surface area contributed by atoms with Crippen LogP contribution in [0.15, 0.2) is 5.38 Å². The number of hydrogen-bond donors (Lipinski definition) is 1. The summed E-state index contributed by atoms with van der Waals surface area (Å²) in [5.41, 5.74) is 0.876. The Labute approximate surface area is 111 Å². The number of aromatic carboxylic acids is 1. The monoisotopic (exact) mass is 269 g/mol. The van der Waals surface area contributed by atoms with E-state index in [-0.39, 0.29) is 5.01 Å². The van der Waals surface area contributed by atoms with Gasteiger partial charge >= 0.3 is 5.97 Å². The fraction of sp³-hybridized carbons (Fsp3) is 0.667.